The summed E-state index contributed by atoms with van der Waals surface area (Å²) in [5.41, 5.74) is 3.02. The summed E-state index contributed by atoms with van der Waals surface area (Å²) in [5, 5.41) is 0. The minimum atomic E-state index is 1.21. The summed E-state index contributed by atoms with van der Waals surface area (Å²) in [5.74, 6) is 3.15. The van der Waals surface area contributed by atoms with Gasteiger partial charge in [-0.1, -0.05) is 24.8 Å². The van der Waals surface area contributed by atoms with Crippen LogP contribution in [0.3, 0.4) is 0 Å². The standard InChI is InChI=1S/C11H15Br/c1-2-3-5-10-6-4-7-11(10)8-9-12/h2-7H2,1H3. The van der Waals surface area contributed by atoms with E-state index in [-0.39, 0.29) is 0 Å². The second-order valence-corrected chi connectivity index (χ2v) is 3.66. The van der Waals surface area contributed by atoms with Crippen LogP contribution in [0, 0.1) is 10.8 Å². The van der Waals surface area contributed by atoms with Crippen LogP contribution in [0.2, 0.25) is 0 Å². The van der Waals surface area contributed by atoms with E-state index in [4.69, 9.17) is 0 Å². The van der Waals surface area contributed by atoms with Crippen LogP contribution in [0.4, 0.5) is 0 Å². The van der Waals surface area contributed by atoms with Crippen molar-refractivity contribution >= 4 is 15.9 Å². The molecule has 1 heteroatoms. The third-order valence-electron chi connectivity index (χ3n) is 2.36. The Morgan fingerprint density at radius 1 is 1.42 bits per heavy atom. The summed E-state index contributed by atoms with van der Waals surface area (Å²) in [6.45, 7) is 2.24. The smallest absolute Gasteiger partial charge is 0.0110 e. The van der Waals surface area contributed by atoms with Crippen LogP contribution in [-0.2, 0) is 0 Å². The summed E-state index contributed by atoms with van der Waals surface area (Å²) in [4.78, 5) is 2.82. The Balaban J connectivity index is 2.55. The van der Waals surface area contributed by atoms with E-state index in [0.29, 0.717) is 0 Å². The normalized spacial score (nSPS) is 16.2. The number of hydrogen-bond donors (Lipinski definition) is 0. The Labute approximate surface area is 83.6 Å². The highest BCUT2D eigenvalue weighted by atomic mass is 79.9. The molecule has 66 valence electrons. The van der Waals surface area contributed by atoms with Crippen LogP contribution in [0.5, 0.6) is 0 Å². The summed E-state index contributed by atoms with van der Waals surface area (Å²) < 4.78 is 0. The lowest BCUT2D eigenvalue weighted by atomic mass is 10.1. The van der Waals surface area contributed by atoms with Crippen LogP contribution < -0.4 is 0 Å². The largest absolute Gasteiger partial charge is 0.0654 e. The van der Waals surface area contributed by atoms with Crippen LogP contribution in [0.1, 0.15) is 45.4 Å². The van der Waals surface area contributed by atoms with Gasteiger partial charge in [0.2, 0.25) is 0 Å². The van der Waals surface area contributed by atoms with E-state index in [1.165, 1.54) is 44.1 Å². The number of unbranched alkanes of at least 4 members (excludes halogenated alkanes) is 1. The summed E-state index contributed by atoms with van der Waals surface area (Å²) in [6, 6.07) is 0. The van der Waals surface area contributed by atoms with Gasteiger partial charge in [0.1, 0.15) is 0 Å². The van der Waals surface area contributed by atoms with Crippen molar-refractivity contribution in [1.82, 2.24) is 0 Å². The minimum absolute atomic E-state index is 1.21. The SMILES string of the molecule is CCCCC1=C(C#CBr)CCC1. The maximum Gasteiger partial charge on any atom is 0.0110 e. The highest BCUT2D eigenvalue weighted by Gasteiger charge is 2.11. The minimum Gasteiger partial charge on any atom is -0.0654 e. The first-order valence-electron chi connectivity index (χ1n) is 4.71. The molecule has 1 rings (SSSR count). The highest BCUT2D eigenvalue weighted by molar-refractivity contribution is 9.12. The summed E-state index contributed by atoms with van der Waals surface area (Å²) in [7, 11) is 0. The molecule has 0 heterocycles. The Hall–Kier alpha value is -0.220. The zero-order valence-corrected chi connectivity index (χ0v) is 9.21. The summed E-state index contributed by atoms with van der Waals surface area (Å²) >= 11 is 3.16. The molecular formula is C11H15Br. The molecule has 1 aliphatic rings. The zero-order valence-electron chi connectivity index (χ0n) is 7.62. The van der Waals surface area contributed by atoms with Gasteiger partial charge in [-0.2, -0.15) is 0 Å². The maximum absolute atomic E-state index is 3.16. The molecule has 0 fully saturated rings. The predicted octanol–water partition coefficient (Wildman–Crippen LogP) is 4.01. The zero-order chi connectivity index (χ0) is 8.81. The molecule has 0 aromatic carbocycles. The molecule has 0 saturated heterocycles. The fraction of sp³-hybridized carbons (Fsp3) is 0.636. The average Bonchev–Trinajstić information content (AvgIpc) is 2.50. The molecule has 0 amide bonds. The Morgan fingerprint density at radius 2 is 2.25 bits per heavy atom. The first-order valence-corrected chi connectivity index (χ1v) is 5.50. The number of allylic oxidation sites excluding steroid dienone is 2. The molecule has 0 unspecified atom stereocenters. The van der Waals surface area contributed by atoms with E-state index in [2.05, 4.69) is 33.6 Å². The highest BCUT2D eigenvalue weighted by Crippen LogP contribution is 2.29. The molecular weight excluding hydrogens is 212 g/mol. The van der Waals surface area contributed by atoms with Gasteiger partial charge >= 0.3 is 0 Å². The van der Waals surface area contributed by atoms with E-state index in [1.807, 2.05) is 0 Å². The van der Waals surface area contributed by atoms with E-state index < -0.39 is 0 Å². The number of halogens is 1. The monoisotopic (exact) mass is 226 g/mol. The second-order valence-electron chi connectivity index (χ2n) is 3.26. The molecule has 0 nitrogen and oxygen atoms in total. The van der Waals surface area contributed by atoms with Gasteiger partial charge in [-0.05, 0) is 36.9 Å². The fourth-order valence-electron chi connectivity index (χ4n) is 1.68. The van der Waals surface area contributed by atoms with Gasteiger partial charge in [0.05, 0.1) is 0 Å². The predicted molar refractivity (Wildman–Crippen MR) is 57.1 cm³/mol. The van der Waals surface area contributed by atoms with Gasteiger partial charge in [-0.15, -0.1) is 0 Å². The van der Waals surface area contributed by atoms with E-state index in [9.17, 15) is 0 Å². The molecule has 0 saturated carbocycles. The average molecular weight is 227 g/mol. The number of rotatable bonds is 3. The lowest BCUT2D eigenvalue weighted by Gasteiger charge is -2.00. The summed E-state index contributed by atoms with van der Waals surface area (Å²) in [6.07, 6.45) is 7.69. The molecule has 0 bridgehead atoms. The third-order valence-corrected chi connectivity index (χ3v) is 2.56. The topological polar surface area (TPSA) is 0 Å². The van der Waals surface area contributed by atoms with Crippen molar-refractivity contribution in [3.63, 3.8) is 0 Å². The van der Waals surface area contributed by atoms with Gasteiger partial charge < -0.3 is 0 Å². The van der Waals surface area contributed by atoms with Crippen molar-refractivity contribution < 1.29 is 0 Å². The van der Waals surface area contributed by atoms with Gasteiger partial charge in [0.15, 0.2) is 0 Å². The molecule has 12 heavy (non-hydrogen) atoms. The van der Waals surface area contributed by atoms with E-state index in [1.54, 1.807) is 5.57 Å². The number of hydrogen-bond acceptors (Lipinski definition) is 0. The Morgan fingerprint density at radius 3 is 2.92 bits per heavy atom. The first kappa shape index (κ1) is 9.86. The van der Waals surface area contributed by atoms with Gasteiger partial charge in [-0.25, -0.2) is 0 Å². The van der Waals surface area contributed by atoms with Crippen LogP contribution in [-0.4, -0.2) is 0 Å². The van der Waals surface area contributed by atoms with Crippen molar-refractivity contribution in [2.45, 2.75) is 45.4 Å². The molecule has 0 aliphatic heterocycles. The maximum atomic E-state index is 3.16. The fourth-order valence-corrected chi connectivity index (χ4v) is 1.92. The van der Waals surface area contributed by atoms with Gasteiger partial charge in [0.25, 0.3) is 0 Å². The van der Waals surface area contributed by atoms with Crippen molar-refractivity contribution in [3.05, 3.63) is 11.1 Å². The molecule has 0 spiro atoms. The molecule has 1 aliphatic carbocycles. The van der Waals surface area contributed by atoms with Gasteiger partial charge in [0, 0.05) is 21.5 Å². The first-order chi connectivity index (χ1) is 5.88. The van der Waals surface area contributed by atoms with Crippen molar-refractivity contribution in [2.75, 3.05) is 0 Å². The lowest BCUT2D eigenvalue weighted by molar-refractivity contribution is 0.760. The van der Waals surface area contributed by atoms with Crippen LogP contribution in [0.15, 0.2) is 11.1 Å². The molecule has 0 N–H and O–H groups in total. The van der Waals surface area contributed by atoms with Gasteiger partial charge in [-0.3, -0.25) is 0 Å². The van der Waals surface area contributed by atoms with E-state index >= 15 is 0 Å². The van der Waals surface area contributed by atoms with Crippen molar-refractivity contribution in [2.24, 2.45) is 0 Å². The Kier molecular flexibility index (Phi) is 4.46. The molecule has 0 aromatic heterocycles. The van der Waals surface area contributed by atoms with Crippen molar-refractivity contribution in [3.8, 4) is 10.8 Å². The molecule has 0 radical (unpaired) electrons. The van der Waals surface area contributed by atoms with E-state index in [0.717, 1.165) is 0 Å². The van der Waals surface area contributed by atoms with Crippen molar-refractivity contribution in [1.29, 1.82) is 0 Å². The quantitative estimate of drug-likeness (QED) is 0.639. The van der Waals surface area contributed by atoms with Crippen LogP contribution >= 0.6 is 15.9 Å². The van der Waals surface area contributed by atoms with Crippen LogP contribution in [0.25, 0.3) is 0 Å². The Bertz CT molecular complexity index is 227. The molecule has 0 atom stereocenters. The third kappa shape index (κ3) is 2.68. The lowest BCUT2D eigenvalue weighted by Crippen LogP contribution is -1.82. The second kappa shape index (κ2) is 5.43. The molecule has 0 aromatic rings.